The number of halogens is 2. The van der Waals surface area contributed by atoms with Crippen molar-refractivity contribution in [3.63, 3.8) is 0 Å². The van der Waals surface area contributed by atoms with Crippen molar-refractivity contribution in [1.29, 1.82) is 0 Å². The van der Waals surface area contributed by atoms with Crippen LogP contribution < -0.4 is 0 Å². The summed E-state index contributed by atoms with van der Waals surface area (Å²) < 4.78 is 18.0. The first kappa shape index (κ1) is 14.1. The fourth-order valence-electron chi connectivity index (χ4n) is 1.48. The van der Waals surface area contributed by atoms with Crippen LogP contribution in [0.4, 0.5) is 4.39 Å². The van der Waals surface area contributed by atoms with E-state index in [-0.39, 0.29) is 10.8 Å². The zero-order chi connectivity index (χ0) is 12.7. The topological polar surface area (TPSA) is 26.3 Å². The number of rotatable bonds is 7. The lowest BCUT2D eigenvalue weighted by molar-refractivity contribution is -0.118. The molecule has 0 saturated carbocycles. The van der Waals surface area contributed by atoms with Crippen molar-refractivity contribution >= 4 is 17.4 Å². The number of hydrogen-bond acceptors (Lipinski definition) is 2. The highest BCUT2D eigenvalue weighted by Gasteiger charge is 2.06. The molecule has 4 heteroatoms. The van der Waals surface area contributed by atoms with Gasteiger partial charge in [0.15, 0.2) is 0 Å². The number of ketones is 1. The predicted octanol–water partition coefficient (Wildman–Crippen LogP) is 3.41. The van der Waals surface area contributed by atoms with Gasteiger partial charge >= 0.3 is 0 Å². The second-order valence-electron chi connectivity index (χ2n) is 3.76. The Morgan fingerprint density at radius 1 is 1.47 bits per heavy atom. The van der Waals surface area contributed by atoms with Gasteiger partial charge in [0.1, 0.15) is 11.6 Å². The summed E-state index contributed by atoms with van der Waals surface area (Å²) in [5, 5.41) is 0.0598. The van der Waals surface area contributed by atoms with E-state index in [1.165, 1.54) is 12.1 Å². The molecule has 94 valence electrons. The highest BCUT2D eigenvalue weighted by molar-refractivity contribution is 6.30. The first-order valence-corrected chi connectivity index (χ1v) is 6.04. The fourth-order valence-corrected chi connectivity index (χ4v) is 1.68. The third kappa shape index (κ3) is 5.29. The van der Waals surface area contributed by atoms with E-state index in [0.29, 0.717) is 26.1 Å². The molecule has 1 aromatic carbocycles. The number of Topliss-reactive ketones (excluding diaryl/α,β-unsaturated/α-hetero) is 1. The number of ether oxygens (including phenoxy) is 1. The molecule has 17 heavy (non-hydrogen) atoms. The monoisotopic (exact) mass is 258 g/mol. The first-order valence-electron chi connectivity index (χ1n) is 5.67. The lowest BCUT2D eigenvalue weighted by Crippen LogP contribution is -2.05. The molecule has 0 fully saturated rings. The average molecular weight is 259 g/mol. The quantitative estimate of drug-likeness (QED) is 0.701. The molecule has 0 heterocycles. The van der Waals surface area contributed by atoms with Crippen molar-refractivity contribution in [2.75, 3.05) is 13.2 Å². The van der Waals surface area contributed by atoms with Crippen molar-refractivity contribution in [3.8, 4) is 0 Å². The van der Waals surface area contributed by atoms with Crippen LogP contribution in [0.25, 0.3) is 0 Å². The number of carbonyl (C=O) groups excluding carboxylic acids is 1. The van der Waals surface area contributed by atoms with Gasteiger partial charge in [0.2, 0.25) is 0 Å². The van der Waals surface area contributed by atoms with Crippen molar-refractivity contribution in [3.05, 3.63) is 34.6 Å². The summed E-state index contributed by atoms with van der Waals surface area (Å²) in [5.41, 5.74) is 0.748. The molecule has 0 amide bonds. The summed E-state index contributed by atoms with van der Waals surface area (Å²) in [5.74, 6) is -0.341. The molecule has 2 nitrogen and oxygen atoms in total. The van der Waals surface area contributed by atoms with Crippen molar-refractivity contribution < 1.29 is 13.9 Å². The molecule has 0 aliphatic carbocycles. The van der Waals surface area contributed by atoms with Gasteiger partial charge in [0.05, 0.1) is 5.02 Å². The molecule has 1 aromatic rings. The van der Waals surface area contributed by atoms with Gasteiger partial charge in [-0.1, -0.05) is 17.7 Å². The highest BCUT2D eigenvalue weighted by atomic mass is 35.5. The molecular weight excluding hydrogens is 243 g/mol. The Bertz CT molecular complexity index is 380. The Balaban J connectivity index is 2.37. The molecule has 0 aliphatic heterocycles. The standard InChI is InChI=1S/C13H16ClFO2/c1-2-17-7-3-4-11(16)8-10-5-6-13(15)12(14)9-10/h5-6,9H,2-4,7-8H2,1H3. The van der Waals surface area contributed by atoms with Crippen LogP contribution in [0.3, 0.4) is 0 Å². The number of carbonyl (C=O) groups is 1. The van der Waals surface area contributed by atoms with E-state index in [1.807, 2.05) is 6.92 Å². The predicted molar refractivity (Wildman–Crippen MR) is 65.8 cm³/mol. The summed E-state index contributed by atoms with van der Waals surface area (Å²) in [4.78, 5) is 11.6. The minimum absolute atomic E-state index is 0.0598. The Labute approximate surface area is 106 Å². The van der Waals surface area contributed by atoms with Gasteiger partial charge in [-0.25, -0.2) is 4.39 Å². The second kappa shape index (κ2) is 7.41. The lowest BCUT2D eigenvalue weighted by atomic mass is 10.1. The van der Waals surface area contributed by atoms with E-state index in [1.54, 1.807) is 6.07 Å². The summed E-state index contributed by atoms with van der Waals surface area (Å²) in [7, 11) is 0. The lowest BCUT2D eigenvalue weighted by Gasteiger charge is -2.03. The minimum Gasteiger partial charge on any atom is -0.382 e. The second-order valence-corrected chi connectivity index (χ2v) is 4.17. The van der Waals surface area contributed by atoms with Gasteiger partial charge in [-0.3, -0.25) is 4.79 Å². The van der Waals surface area contributed by atoms with E-state index in [4.69, 9.17) is 16.3 Å². The van der Waals surface area contributed by atoms with E-state index in [9.17, 15) is 9.18 Å². The molecule has 0 atom stereocenters. The largest absolute Gasteiger partial charge is 0.382 e. The summed E-state index contributed by atoms with van der Waals surface area (Å²) in [6.07, 6.45) is 1.50. The van der Waals surface area contributed by atoms with Gasteiger partial charge in [-0.15, -0.1) is 0 Å². The van der Waals surface area contributed by atoms with Crippen LogP contribution in [0.5, 0.6) is 0 Å². The van der Waals surface area contributed by atoms with Crippen molar-refractivity contribution in [2.24, 2.45) is 0 Å². The molecule has 0 aliphatic rings. The van der Waals surface area contributed by atoms with Crippen LogP contribution in [0.2, 0.25) is 5.02 Å². The Morgan fingerprint density at radius 3 is 2.88 bits per heavy atom. The maximum Gasteiger partial charge on any atom is 0.141 e. The molecule has 0 bridgehead atoms. The SMILES string of the molecule is CCOCCCC(=O)Cc1ccc(F)c(Cl)c1. The van der Waals surface area contributed by atoms with Crippen molar-refractivity contribution in [2.45, 2.75) is 26.2 Å². The van der Waals surface area contributed by atoms with Crippen LogP contribution in [-0.2, 0) is 16.0 Å². The van der Waals surface area contributed by atoms with Crippen LogP contribution in [-0.4, -0.2) is 19.0 Å². The van der Waals surface area contributed by atoms with Crippen LogP contribution in [0, 0.1) is 5.82 Å². The summed E-state index contributed by atoms with van der Waals surface area (Å²) in [6, 6.07) is 4.37. The zero-order valence-corrected chi connectivity index (χ0v) is 10.6. The molecule has 0 aromatic heterocycles. The Kier molecular flexibility index (Phi) is 6.16. The van der Waals surface area contributed by atoms with Gasteiger partial charge in [-0.2, -0.15) is 0 Å². The normalized spacial score (nSPS) is 10.5. The van der Waals surface area contributed by atoms with Gasteiger partial charge in [0.25, 0.3) is 0 Å². The summed E-state index contributed by atoms with van der Waals surface area (Å²) >= 11 is 5.64. The number of hydrogen-bond donors (Lipinski definition) is 0. The fraction of sp³-hybridized carbons (Fsp3) is 0.462. The molecule has 0 spiro atoms. The van der Waals surface area contributed by atoms with E-state index >= 15 is 0 Å². The van der Waals surface area contributed by atoms with E-state index in [0.717, 1.165) is 12.0 Å². The van der Waals surface area contributed by atoms with E-state index in [2.05, 4.69) is 0 Å². The third-order valence-electron chi connectivity index (χ3n) is 2.33. The number of benzene rings is 1. The van der Waals surface area contributed by atoms with E-state index < -0.39 is 5.82 Å². The maximum absolute atomic E-state index is 12.9. The Hall–Kier alpha value is -0.930. The van der Waals surface area contributed by atoms with Gasteiger partial charge in [0, 0.05) is 26.1 Å². The van der Waals surface area contributed by atoms with Crippen molar-refractivity contribution in [1.82, 2.24) is 0 Å². The summed E-state index contributed by atoms with van der Waals surface area (Å²) in [6.45, 7) is 3.19. The minimum atomic E-state index is -0.459. The molecule has 0 N–H and O–H groups in total. The molecule has 0 unspecified atom stereocenters. The van der Waals surface area contributed by atoms with Gasteiger partial charge in [-0.05, 0) is 31.0 Å². The zero-order valence-electron chi connectivity index (χ0n) is 9.84. The average Bonchev–Trinajstić information content (AvgIpc) is 2.30. The highest BCUT2D eigenvalue weighted by Crippen LogP contribution is 2.16. The van der Waals surface area contributed by atoms with Gasteiger partial charge < -0.3 is 4.74 Å². The molecule has 0 radical (unpaired) electrons. The molecule has 0 saturated heterocycles. The van der Waals surface area contributed by atoms with Crippen LogP contribution in [0.15, 0.2) is 18.2 Å². The third-order valence-corrected chi connectivity index (χ3v) is 2.62. The Morgan fingerprint density at radius 2 is 2.24 bits per heavy atom. The maximum atomic E-state index is 12.9. The first-order chi connectivity index (χ1) is 8.13. The van der Waals surface area contributed by atoms with Crippen LogP contribution in [0.1, 0.15) is 25.3 Å². The smallest absolute Gasteiger partial charge is 0.141 e. The van der Waals surface area contributed by atoms with Crippen LogP contribution >= 0.6 is 11.6 Å². The molecule has 1 rings (SSSR count). The molecular formula is C13H16ClFO2.